The van der Waals surface area contributed by atoms with Gasteiger partial charge in [-0.3, -0.25) is 4.90 Å². The molecule has 3 rings (SSSR count). The van der Waals surface area contributed by atoms with Gasteiger partial charge < -0.3 is 50.3 Å². The Kier molecular flexibility index (Phi) is 5.63. The highest BCUT2D eigenvalue weighted by Crippen LogP contribution is 2.36. The third-order valence-corrected chi connectivity index (χ3v) is 5.37. The van der Waals surface area contributed by atoms with Crippen molar-refractivity contribution in [2.75, 3.05) is 19.8 Å². The van der Waals surface area contributed by atoms with Gasteiger partial charge in [0.25, 0.3) is 0 Å². The number of nitrogens with zero attached hydrogens (tertiary/aromatic N) is 1. The van der Waals surface area contributed by atoms with Gasteiger partial charge in [-0.2, -0.15) is 0 Å². The van der Waals surface area contributed by atoms with Gasteiger partial charge >= 0.3 is 0 Å². The van der Waals surface area contributed by atoms with Crippen molar-refractivity contribution < 1.29 is 50.3 Å². The maximum Gasteiger partial charge on any atom is 0.187 e. The van der Waals surface area contributed by atoms with Crippen molar-refractivity contribution in [3.8, 4) is 0 Å². The van der Waals surface area contributed by atoms with Gasteiger partial charge in [-0.1, -0.05) is 0 Å². The highest BCUT2D eigenvalue weighted by Gasteiger charge is 2.58. The maximum atomic E-state index is 10.4. The normalized spacial score (nSPS) is 54.0. The summed E-state index contributed by atoms with van der Waals surface area (Å²) in [5.74, 6) is 0. The molecule has 3 fully saturated rings. The molecule has 11 nitrogen and oxygen atoms in total. The Hall–Kier alpha value is -0.440. The van der Waals surface area contributed by atoms with E-state index in [4.69, 9.17) is 9.47 Å². The van der Waals surface area contributed by atoms with Crippen LogP contribution in [0.5, 0.6) is 0 Å². The number of hydrogen-bond donors (Lipinski definition) is 8. The zero-order chi connectivity index (χ0) is 18.5. The largest absolute Gasteiger partial charge is 0.395 e. The molecule has 3 heterocycles. The van der Waals surface area contributed by atoms with Crippen LogP contribution in [-0.2, 0) is 9.47 Å². The number of fused-ring (bicyclic) bond motifs is 1. The molecule has 0 aromatic heterocycles. The molecule has 11 atom stereocenters. The van der Waals surface area contributed by atoms with Crippen LogP contribution in [0.25, 0.3) is 0 Å². The third kappa shape index (κ3) is 3.09. The van der Waals surface area contributed by atoms with E-state index in [0.29, 0.717) is 0 Å². The zero-order valence-electron chi connectivity index (χ0n) is 13.3. The average Bonchev–Trinajstić information content (AvgIpc) is 3.03. The van der Waals surface area contributed by atoms with Gasteiger partial charge in [-0.05, 0) is 0 Å². The molecule has 8 N–H and O–H groups in total. The molecule has 0 amide bonds. The molecule has 146 valence electrons. The summed E-state index contributed by atoms with van der Waals surface area (Å²) in [6.45, 7) is -0.987. The van der Waals surface area contributed by atoms with Crippen LogP contribution in [0.1, 0.15) is 0 Å². The van der Waals surface area contributed by atoms with Crippen molar-refractivity contribution >= 4 is 0 Å². The first-order valence-electron chi connectivity index (χ1n) is 8.18. The molecule has 0 aromatic carbocycles. The van der Waals surface area contributed by atoms with E-state index in [0.717, 1.165) is 0 Å². The van der Waals surface area contributed by atoms with Gasteiger partial charge in [0.05, 0.1) is 43.6 Å². The molecule has 3 saturated heterocycles. The smallest absolute Gasteiger partial charge is 0.187 e. The monoisotopic (exact) mass is 367 g/mol. The highest BCUT2D eigenvalue weighted by atomic mass is 16.7. The molecule has 3 aliphatic rings. The number of hydrogen-bond acceptors (Lipinski definition) is 11. The first-order valence-corrected chi connectivity index (χ1v) is 8.18. The van der Waals surface area contributed by atoms with Gasteiger partial charge in [0.2, 0.25) is 0 Å². The molecule has 2 unspecified atom stereocenters. The number of aliphatic hydroxyl groups excluding tert-OH is 8. The lowest BCUT2D eigenvalue weighted by atomic mass is 9.99. The minimum atomic E-state index is -1.61. The third-order valence-electron chi connectivity index (χ3n) is 5.37. The van der Waals surface area contributed by atoms with Crippen molar-refractivity contribution in [1.82, 2.24) is 4.90 Å². The van der Waals surface area contributed by atoms with Crippen LogP contribution < -0.4 is 0 Å². The predicted octanol–water partition coefficient (Wildman–Crippen LogP) is -5.69. The van der Waals surface area contributed by atoms with Gasteiger partial charge in [-0.15, -0.1) is 0 Å². The topological polar surface area (TPSA) is 184 Å². The Labute approximate surface area is 143 Å². The molecule has 0 aromatic rings. The Bertz CT molecular complexity index is 467. The van der Waals surface area contributed by atoms with E-state index < -0.39 is 80.4 Å². The van der Waals surface area contributed by atoms with Crippen LogP contribution in [0.4, 0.5) is 0 Å². The molecule has 0 aliphatic carbocycles. The fourth-order valence-electron chi connectivity index (χ4n) is 3.92. The maximum absolute atomic E-state index is 10.4. The van der Waals surface area contributed by atoms with E-state index in [1.165, 1.54) is 4.90 Å². The Morgan fingerprint density at radius 3 is 2.08 bits per heavy atom. The molecular weight excluding hydrogens is 342 g/mol. The second-order valence-corrected chi connectivity index (χ2v) is 6.78. The summed E-state index contributed by atoms with van der Waals surface area (Å²) in [5, 5.41) is 78.5. The SMILES string of the molecule is OCC1O[C@@H](O[C@@H]2CN3[C@H]([C@H]2O)[C@@H](O)[C@H](O)[C@@H]3CO)C(O)[C@@H](O)[C@@H]1O. The van der Waals surface area contributed by atoms with Crippen LogP contribution in [0.2, 0.25) is 0 Å². The van der Waals surface area contributed by atoms with Crippen LogP contribution >= 0.6 is 0 Å². The van der Waals surface area contributed by atoms with Crippen LogP contribution in [0.3, 0.4) is 0 Å². The first kappa shape index (κ1) is 19.3. The first-order chi connectivity index (χ1) is 11.8. The minimum Gasteiger partial charge on any atom is -0.395 e. The fourth-order valence-corrected chi connectivity index (χ4v) is 3.92. The molecule has 25 heavy (non-hydrogen) atoms. The van der Waals surface area contributed by atoms with E-state index in [1.807, 2.05) is 0 Å². The van der Waals surface area contributed by atoms with Crippen molar-refractivity contribution in [1.29, 1.82) is 0 Å². The number of ether oxygens (including phenoxy) is 2. The second-order valence-electron chi connectivity index (χ2n) is 6.78. The Balaban J connectivity index is 1.70. The fraction of sp³-hybridized carbons (Fsp3) is 1.00. The zero-order valence-corrected chi connectivity index (χ0v) is 13.3. The summed E-state index contributed by atoms with van der Waals surface area (Å²) in [5.41, 5.74) is 0. The lowest BCUT2D eigenvalue weighted by Crippen LogP contribution is -2.60. The Morgan fingerprint density at radius 1 is 0.800 bits per heavy atom. The predicted molar refractivity (Wildman–Crippen MR) is 78.0 cm³/mol. The van der Waals surface area contributed by atoms with E-state index in [9.17, 15) is 40.9 Å². The molecule has 0 bridgehead atoms. The minimum absolute atomic E-state index is 0.0419. The lowest BCUT2D eigenvalue weighted by molar-refractivity contribution is -0.314. The summed E-state index contributed by atoms with van der Waals surface area (Å²) in [7, 11) is 0. The highest BCUT2D eigenvalue weighted by molar-refractivity contribution is 5.10. The summed E-state index contributed by atoms with van der Waals surface area (Å²) in [4.78, 5) is 1.52. The van der Waals surface area contributed by atoms with Gasteiger partial charge in [0, 0.05) is 6.54 Å². The number of aliphatic hydroxyl groups is 8. The summed E-state index contributed by atoms with van der Waals surface area (Å²) < 4.78 is 10.8. The van der Waals surface area contributed by atoms with E-state index >= 15 is 0 Å². The molecule has 0 saturated carbocycles. The molecule has 0 spiro atoms. The second kappa shape index (κ2) is 7.29. The van der Waals surface area contributed by atoms with Gasteiger partial charge in [-0.25, -0.2) is 0 Å². The van der Waals surface area contributed by atoms with Crippen LogP contribution in [0.15, 0.2) is 0 Å². The van der Waals surface area contributed by atoms with Crippen molar-refractivity contribution in [2.45, 2.75) is 67.2 Å². The molecule has 3 aliphatic heterocycles. The van der Waals surface area contributed by atoms with Gasteiger partial charge in [0.15, 0.2) is 6.29 Å². The molecular formula is C14H25NO10. The van der Waals surface area contributed by atoms with E-state index in [1.54, 1.807) is 0 Å². The van der Waals surface area contributed by atoms with Gasteiger partial charge in [0.1, 0.15) is 30.5 Å². The van der Waals surface area contributed by atoms with Crippen molar-refractivity contribution in [3.05, 3.63) is 0 Å². The number of rotatable bonds is 4. The van der Waals surface area contributed by atoms with Crippen molar-refractivity contribution in [2.24, 2.45) is 0 Å². The summed E-state index contributed by atoms with van der Waals surface area (Å²) in [6.07, 6.45) is -12.0. The standard InChI is InChI=1S/C14H25NO10/c16-2-4-8(18)11(21)7-9(19)5(1-15(4)7)24-14-13(23)12(22)10(20)6(3-17)25-14/h4-14,16-23H,1-3H2/t4-,5+,6?,7+,8+,9-,10+,11+,12-,13?,14+/m0/s1. The van der Waals surface area contributed by atoms with E-state index in [-0.39, 0.29) is 6.54 Å². The lowest BCUT2D eigenvalue weighted by Gasteiger charge is -2.40. The quantitative estimate of drug-likeness (QED) is 0.237. The van der Waals surface area contributed by atoms with Crippen LogP contribution in [-0.4, -0.2) is 133 Å². The van der Waals surface area contributed by atoms with E-state index in [2.05, 4.69) is 0 Å². The van der Waals surface area contributed by atoms with Crippen molar-refractivity contribution in [3.63, 3.8) is 0 Å². The van der Waals surface area contributed by atoms with Crippen LogP contribution in [0, 0.1) is 0 Å². The summed E-state index contributed by atoms with van der Waals surface area (Å²) in [6, 6.07) is -1.62. The molecule has 0 radical (unpaired) electrons. The summed E-state index contributed by atoms with van der Waals surface area (Å²) >= 11 is 0. The molecule has 11 heteroatoms. The Morgan fingerprint density at radius 2 is 1.48 bits per heavy atom. The average molecular weight is 367 g/mol.